The zero-order chi connectivity index (χ0) is 66.4. The van der Waals surface area contributed by atoms with Crippen LogP contribution in [0.15, 0.2) is 152 Å². The number of benzene rings is 8. The van der Waals surface area contributed by atoms with Crippen LogP contribution in [0, 0.1) is 0 Å². The molecule has 8 aromatic carbocycles. The Morgan fingerprint density at radius 3 is 0.854 bits per heavy atom. The molecule has 1 amide bonds. The Kier molecular flexibility index (Phi) is 36.9. The molecule has 0 bridgehead atoms. The molecule has 0 fully saturated rings. The molecule has 8 aromatic rings. The Bertz CT molecular complexity index is 3270. The number of nitrogens with one attached hydrogen (secondary N) is 1. The molecular formula is C76H97NO19. The van der Waals surface area contributed by atoms with Crippen molar-refractivity contribution in [2.45, 2.75) is 6.54 Å². The molecule has 0 radical (unpaired) electrons. The molecule has 0 unspecified atom stereocenters. The number of carbonyl (C=O) groups excluding carboxylic acids is 1. The molecule has 20 nitrogen and oxygen atoms in total. The van der Waals surface area contributed by atoms with Crippen molar-refractivity contribution in [3.05, 3.63) is 157 Å². The van der Waals surface area contributed by atoms with Crippen molar-refractivity contribution in [3.63, 3.8) is 0 Å². The van der Waals surface area contributed by atoms with E-state index in [-0.39, 0.29) is 12.5 Å². The molecule has 96 heavy (non-hydrogen) atoms. The summed E-state index contributed by atoms with van der Waals surface area (Å²) in [4.78, 5) is 12.9. The molecule has 0 heterocycles. The van der Waals surface area contributed by atoms with E-state index in [2.05, 4.69) is 121 Å². The third kappa shape index (κ3) is 28.7. The highest BCUT2D eigenvalue weighted by Crippen LogP contribution is 2.36. The van der Waals surface area contributed by atoms with Crippen molar-refractivity contribution in [2.24, 2.45) is 0 Å². The van der Waals surface area contributed by atoms with Crippen LogP contribution in [0.4, 0.5) is 0 Å². The smallest absolute Gasteiger partial charge is 0.258 e. The molecule has 0 saturated heterocycles. The molecule has 0 aliphatic rings. The highest BCUT2D eigenvalue weighted by molar-refractivity contribution is 6.23. The van der Waals surface area contributed by atoms with E-state index in [0.29, 0.717) is 224 Å². The highest BCUT2D eigenvalue weighted by atomic mass is 16.6. The second kappa shape index (κ2) is 47.2. The van der Waals surface area contributed by atoms with Gasteiger partial charge in [-0.15, -0.1) is 0 Å². The second-order valence-electron chi connectivity index (χ2n) is 21.9. The Morgan fingerprint density at radius 1 is 0.271 bits per heavy atom. The summed E-state index contributed by atoms with van der Waals surface area (Å²) in [5.41, 5.74) is 7.73. The minimum absolute atomic E-state index is 0.0661. The molecular weight excluding hydrogens is 1230 g/mol. The molecule has 0 spiro atoms. The Labute approximate surface area is 565 Å². The van der Waals surface area contributed by atoms with Crippen molar-refractivity contribution in [3.8, 4) is 44.9 Å². The monoisotopic (exact) mass is 1330 g/mol. The summed E-state index contributed by atoms with van der Waals surface area (Å²) < 4.78 is 99.6. The summed E-state index contributed by atoms with van der Waals surface area (Å²) in [6, 6.07) is 52.4. The fraction of sp³-hybridized carbons (Fsp3) is 0.461. The van der Waals surface area contributed by atoms with Crippen LogP contribution in [0.25, 0.3) is 65.7 Å². The SMILES string of the molecule is COCCOCCOCCOCCOCCOCCOCCOCCOCCOCCOCCOCCOCCOCCOCCOCCOc1ccc(-c2ccc(-c3ccc(-c4ccc(OCC(=O)NCc5ccc6ccc7cccc8ccc5c6c78)cc4)cc3)cc2)cc1. The lowest BCUT2D eigenvalue weighted by molar-refractivity contribution is -0.123. The molecule has 1 N–H and O–H groups in total. The van der Waals surface area contributed by atoms with E-state index in [9.17, 15) is 4.79 Å². The van der Waals surface area contributed by atoms with E-state index in [1.165, 1.54) is 26.9 Å². The standard InChI is InChI=1S/C76H97NO19/c1-79-27-28-80-29-30-81-31-32-82-33-34-83-35-36-84-37-38-85-39-40-86-41-42-87-43-44-88-45-46-89-47-48-90-49-50-91-51-52-92-53-54-93-55-56-94-57-58-95-71-22-17-65(18-23-71)63-9-5-61(6-10-63)62-7-11-64(12-8-62)66-19-24-72(25-20-66)96-60-74(78)77-59-70-16-15-69-14-13-67-3-2-4-68-21-26-73(70)76(69)75(67)68/h2-26H,27-60H2,1H3,(H,77,78). The van der Waals surface area contributed by atoms with Crippen LogP contribution >= 0.6 is 0 Å². The summed E-state index contributed by atoms with van der Waals surface area (Å²) in [5, 5.41) is 10.4. The van der Waals surface area contributed by atoms with Crippen molar-refractivity contribution in [1.82, 2.24) is 5.32 Å². The first kappa shape index (κ1) is 75.0. The van der Waals surface area contributed by atoms with E-state index < -0.39 is 0 Å². The predicted molar refractivity (Wildman–Crippen MR) is 370 cm³/mol. The fourth-order valence-corrected chi connectivity index (χ4v) is 10.1. The zero-order valence-corrected chi connectivity index (χ0v) is 55.7. The first-order chi connectivity index (χ1) is 47.6. The van der Waals surface area contributed by atoms with Crippen LogP contribution in [0.5, 0.6) is 11.5 Å². The van der Waals surface area contributed by atoms with E-state index in [0.717, 1.165) is 50.1 Å². The number of rotatable bonds is 57. The third-order valence-corrected chi connectivity index (χ3v) is 15.1. The van der Waals surface area contributed by atoms with Crippen molar-refractivity contribution < 1.29 is 90.1 Å². The predicted octanol–water partition coefficient (Wildman–Crippen LogP) is 10.6. The lowest BCUT2D eigenvalue weighted by atomic mass is 9.92. The molecule has 20 heteroatoms. The van der Waals surface area contributed by atoms with Gasteiger partial charge in [0.25, 0.3) is 5.91 Å². The maximum Gasteiger partial charge on any atom is 0.258 e. The number of ether oxygens (including phenoxy) is 18. The van der Waals surface area contributed by atoms with Gasteiger partial charge in [0, 0.05) is 13.7 Å². The summed E-state index contributed by atoms with van der Waals surface area (Å²) in [5.74, 6) is 1.26. The van der Waals surface area contributed by atoms with Gasteiger partial charge in [-0.25, -0.2) is 0 Å². The van der Waals surface area contributed by atoms with E-state index in [4.69, 9.17) is 85.3 Å². The van der Waals surface area contributed by atoms with E-state index in [1.807, 2.05) is 36.4 Å². The average molecular weight is 1330 g/mol. The maximum absolute atomic E-state index is 12.9. The highest BCUT2D eigenvalue weighted by Gasteiger charge is 2.13. The van der Waals surface area contributed by atoms with Gasteiger partial charge in [0.1, 0.15) is 18.1 Å². The summed E-state index contributed by atoms with van der Waals surface area (Å²) in [6.45, 7) is 16.3. The van der Waals surface area contributed by atoms with Crippen LogP contribution < -0.4 is 14.8 Å². The van der Waals surface area contributed by atoms with Crippen LogP contribution in [0.3, 0.4) is 0 Å². The van der Waals surface area contributed by atoms with E-state index >= 15 is 0 Å². The molecule has 0 aliphatic heterocycles. The summed E-state index contributed by atoms with van der Waals surface area (Å²) in [7, 11) is 1.64. The normalized spacial score (nSPS) is 11.6. The second-order valence-corrected chi connectivity index (χ2v) is 21.9. The molecule has 0 aromatic heterocycles. The Morgan fingerprint density at radius 2 is 0.531 bits per heavy atom. The minimum atomic E-state index is -0.170. The molecule has 8 rings (SSSR count). The van der Waals surface area contributed by atoms with E-state index in [1.54, 1.807) is 7.11 Å². The van der Waals surface area contributed by atoms with Gasteiger partial charge in [-0.3, -0.25) is 4.79 Å². The first-order valence-corrected chi connectivity index (χ1v) is 33.4. The zero-order valence-electron chi connectivity index (χ0n) is 55.7. The topological polar surface area (TPSA) is 195 Å². The van der Waals surface area contributed by atoms with Crippen LogP contribution in [0.2, 0.25) is 0 Å². The first-order valence-electron chi connectivity index (χ1n) is 33.4. The van der Waals surface area contributed by atoms with Crippen LogP contribution in [-0.2, 0) is 87.1 Å². The third-order valence-electron chi connectivity index (χ3n) is 15.1. The molecule has 0 atom stereocenters. The van der Waals surface area contributed by atoms with Gasteiger partial charge in [0.15, 0.2) is 6.61 Å². The van der Waals surface area contributed by atoms with Gasteiger partial charge >= 0.3 is 0 Å². The van der Waals surface area contributed by atoms with Gasteiger partial charge in [-0.05, 0) is 95.5 Å². The maximum atomic E-state index is 12.9. The van der Waals surface area contributed by atoms with Crippen molar-refractivity contribution >= 4 is 38.2 Å². The Hall–Kier alpha value is -6.77. The van der Waals surface area contributed by atoms with Gasteiger partial charge in [-0.2, -0.15) is 0 Å². The van der Waals surface area contributed by atoms with Gasteiger partial charge in [-0.1, -0.05) is 127 Å². The number of hydrogen-bond acceptors (Lipinski definition) is 19. The quantitative estimate of drug-likeness (QED) is 0.0279. The number of hydrogen-bond donors (Lipinski definition) is 1. The van der Waals surface area contributed by atoms with Gasteiger partial charge < -0.3 is 90.6 Å². The van der Waals surface area contributed by atoms with Crippen molar-refractivity contribution in [2.75, 3.05) is 225 Å². The molecule has 0 aliphatic carbocycles. The summed E-state index contributed by atoms with van der Waals surface area (Å²) >= 11 is 0. The number of methoxy groups -OCH3 is 1. The van der Waals surface area contributed by atoms with Crippen molar-refractivity contribution in [1.29, 1.82) is 0 Å². The minimum Gasteiger partial charge on any atom is -0.491 e. The lowest BCUT2D eigenvalue weighted by Crippen LogP contribution is -2.28. The summed E-state index contributed by atoms with van der Waals surface area (Å²) in [6.07, 6.45) is 0. The largest absolute Gasteiger partial charge is 0.491 e. The molecule has 0 saturated carbocycles. The average Bonchev–Trinajstić information content (AvgIpc) is 0.744. The lowest BCUT2D eigenvalue weighted by Gasteiger charge is -2.14. The van der Waals surface area contributed by atoms with Gasteiger partial charge in [0.05, 0.1) is 205 Å². The number of amides is 1. The molecule has 520 valence electrons. The van der Waals surface area contributed by atoms with Gasteiger partial charge in [0.2, 0.25) is 0 Å². The van der Waals surface area contributed by atoms with Crippen LogP contribution in [0.1, 0.15) is 5.56 Å². The Balaban J connectivity index is 0.524. The van der Waals surface area contributed by atoms with Crippen LogP contribution in [-0.4, -0.2) is 231 Å². The number of carbonyl (C=O) groups is 1. The fourth-order valence-electron chi connectivity index (χ4n) is 10.1.